The Balaban J connectivity index is 1.56. The molecular weight excluding hydrogens is 418 g/mol. The highest BCUT2D eigenvalue weighted by molar-refractivity contribution is 7.80. The van der Waals surface area contributed by atoms with E-state index in [0.717, 1.165) is 61.1 Å². The summed E-state index contributed by atoms with van der Waals surface area (Å²) < 4.78 is 12.7. The summed E-state index contributed by atoms with van der Waals surface area (Å²) >= 11 is 5.95. The number of piperidine rings is 1. The highest BCUT2D eigenvalue weighted by atomic mass is 32.1. The van der Waals surface area contributed by atoms with Crippen molar-refractivity contribution < 1.29 is 9.47 Å². The summed E-state index contributed by atoms with van der Waals surface area (Å²) in [6.07, 6.45) is 3.30. The number of benzene rings is 1. The molecule has 1 saturated heterocycles. The third-order valence-corrected chi connectivity index (χ3v) is 9.42. The molecule has 1 aromatic carbocycles. The first-order valence-electron chi connectivity index (χ1n) is 12.0. The molecule has 2 aliphatic carbocycles. The average Bonchev–Trinajstić information content (AvgIpc) is 3.31. The second kappa shape index (κ2) is 6.97. The van der Waals surface area contributed by atoms with Crippen LogP contribution in [0.2, 0.25) is 0 Å². The number of aromatic amines is 1. The molecule has 0 radical (unpaired) electrons. The first kappa shape index (κ1) is 20.5. The molecule has 2 aliphatic heterocycles. The number of hydrogen-bond acceptors (Lipinski definition) is 4. The minimum atomic E-state index is 0.00440. The Morgan fingerprint density at radius 3 is 2.81 bits per heavy atom. The Labute approximate surface area is 196 Å². The minimum absolute atomic E-state index is 0.00440. The molecule has 1 fully saturated rings. The lowest BCUT2D eigenvalue weighted by Gasteiger charge is -2.57. The maximum atomic E-state index is 6.89. The molecule has 1 N–H and O–H groups in total. The molecule has 1 spiro atoms. The van der Waals surface area contributed by atoms with Crippen molar-refractivity contribution in [3.05, 3.63) is 45.8 Å². The lowest BCUT2D eigenvalue weighted by Crippen LogP contribution is -2.62. The van der Waals surface area contributed by atoms with Gasteiger partial charge in [-0.15, -0.1) is 0 Å². The van der Waals surface area contributed by atoms with Crippen LogP contribution in [0.25, 0.3) is 0 Å². The van der Waals surface area contributed by atoms with Gasteiger partial charge < -0.3 is 24.3 Å². The number of fused-ring (bicyclic) bond motifs is 2. The SMILES string of the molecule is CCN(CC)C(=S)c1[nH]c2c(c1C)CC1C3Cc4ccc(OC)c5c4C1(CCN3C)C2O5. The fourth-order valence-electron chi connectivity index (χ4n) is 7.32. The number of likely N-dealkylation sites (N-methyl/N-ethyl adjacent to an activating group) is 1. The number of nitrogens with zero attached hydrogens (tertiary/aromatic N) is 2. The zero-order valence-corrected chi connectivity index (χ0v) is 20.6. The summed E-state index contributed by atoms with van der Waals surface area (Å²) in [5.41, 5.74) is 7.99. The predicted molar refractivity (Wildman–Crippen MR) is 130 cm³/mol. The standard InChI is InChI=1S/C26H33N3O2S/c1-6-29(7-2)25(32)21-14(3)16-13-17-18-12-15-8-9-19(30-5)23-20(15)26(17,10-11-28(18)4)24(31-23)22(16)27-21/h8-9,17-18,24,27H,6-7,10-13H2,1-5H3. The maximum absolute atomic E-state index is 6.89. The van der Waals surface area contributed by atoms with Gasteiger partial charge in [0, 0.05) is 30.1 Å². The number of methoxy groups -OCH3 is 1. The zero-order chi connectivity index (χ0) is 22.4. The van der Waals surface area contributed by atoms with Crippen LogP contribution in [0.1, 0.15) is 60.0 Å². The van der Waals surface area contributed by atoms with Crippen molar-refractivity contribution in [3.63, 3.8) is 0 Å². The number of aromatic nitrogens is 1. The van der Waals surface area contributed by atoms with E-state index in [1.807, 2.05) is 0 Å². The second-order valence-electron chi connectivity index (χ2n) is 9.98. The molecule has 4 aliphatic rings. The van der Waals surface area contributed by atoms with Gasteiger partial charge in [0.1, 0.15) is 11.1 Å². The van der Waals surface area contributed by atoms with Crippen LogP contribution in [0.3, 0.4) is 0 Å². The third-order valence-electron chi connectivity index (χ3n) is 8.96. The van der Waals surface area contributed by atoms with Crippen LogP contribution in [0, 0.1) is 12.8 Å². The Morgan fingerprint density at radius 2 is 2.09 bits per heavy atom. The molecule has 0 amide bonds. The zero-order valence-electron chi connectivity index (χ0n) is 19.7. The van der Waals surface area contributed by atoms with Gasteiger partial charge >= 0.3 is 0 Å². The first-order valence-corrected chi connectivity index (χ1v) is 12.4. The van der Waals surface area contributed by atoms with Gasteiger partial charge in [-0.05, 0) is 82.3 Å². The number of thiocarbonyl (C=S) groups is 1. The highest BCUT2D eigenvalue weighted by Gasteiger charge is 2.65. The monoisotopic (exact) mass is 451 g/mol. The number of nitrogens with one attached hydrogen (secondary N) is 1. The molecule has 2 aromatic rings. The Kier molecular flexibility index (Phi) is 4.48. The number of ether oxygens (including phenoxy) is 2. The van der Waals surface area contributed by atoms with E-state index in [1.165, 1.54) is 27.9 Å². The molecule has 4 atom stereocenters. The summed E-state index contributed by atoms with van der Waals surface area (Å²) in [6.45, 7) is 9.54. The number of likely N-dealkylation sites (tertiary alicyclic amines) is 1. The molecule has 2 bridgehead atoms. The molecule has 4 unspecified atom stereocenters. The molecule has 6 rings (SSSR count). The second-order valence-corrected chi connectivity index (χ2v) is 10.4. The van der Waals surface area contributed by atoms with Gasteiger partial charge in [-0.25, -0.2) is 0 Å². The fourth-order valence-corrected chi connectivity index (χ4v) is 7.78. The van der Waals surface area contributed by atoms with E-state index in [0.29, 0.717) is 12.0 Å². The van der Waals surface area contributed by atoms with E-state index in [9.17, 15) is 0 Å². The largest absolute Gasteiger partial charge is 0.493 e. The quantitative estimate of drug-likeness (QED) is 0.707. The molecular formula is C26H33N3O2S. The summed E-state index contributed by atoms with van der Waals surface area (Å²) in [5.74, 6) is 2.40. The highest BCUT2D eigenvalue weighted by Crippen LogP contribution is 2.67. The van der Waals surface area contributed by atoms with Crippen molar-refractivity contribution in [2.75, 3.05) is 33.8 Å². The van der Waals surface area contributed by atoms with Crippen LogP contribution in [0.15, 0.2) is 12.1 Å². The van der Waals surface area contributed by atoms with Crippen LogP contribution in [-0.4, -0.2) is 59.6 Å². The van der Waals surface area contributed by atoms with Gasteiger partial charge in [-0.3, -0.25) is 0 Å². The van der Waals surface area contributed by atoms with E-state index in [1.54, 1.807) is 7.11 Å². The maximum Gasteiger partial charge on any atom is 0.166 e. The molecule has 0 saturated carbocycles. The van der Waals surface area contributed by atoms with Crippen molar-refractivity contribution in [1.82, 2.24) is 14.8 Å². The first-order chi connectivity index (χ1) is 15.5. The van der Waals surface area contributed by atoms with E-state index in [4.69, 9.17) is 21.7 Å². The van der Waals surface area contributed by atoms with E-state index >= 15 is 0 Å². The Bertz CT molecular complexity index is 1120. The number of hydrogen-bond donors (Lipinski definition) is 1. The van der Waals surface area contributed by atoms with E-state index in [-0.39, 0.29) is 11.5 Å². The number of H-pyrrole nitrogens is 1. The molecule has 32 heavy (non-hydrogen) atoms. The van der Waals surface area contributed by atoms with Crippen molar-refractivity contribution in [3.8, 4) is 11.5 Å². The molecule has 6 heteroatoms. The van der Waals surface area contributed by atoms with Gasteiger partial charge in [0.25, 0.3) is 0 Å². The lowest BCUT2D eigenvalue weighted by molar-refractivity contribution is -0.0256. The van der Waals surface area contributed by atoms with Gasteiger partial charge in [0.15, 0.2) is 11.5 Å². The van der Waals surface area contributed by atoms with Crippen LogP contribution >= 0.6 is 12.2 Å². The van der Waals surface area contributed by atoms with Crippen LogP contribution in [-0.2, 0) is 18.3 Å². The summed E-state index contributed by atoms with van der Waals surface area (Å²) in [7, 11) is 4.06. The van der Waals surface area contributed by atoms with E-state index in [2.05, 4.69) is 54.7 Å². The van der Waals surface area contributed by atoms with Crippen molar-refractivity contribution in [2.24, 2.45) is 5.92 Å². The van der Waals surface area contributed by atoms with Crippen molar-refractivity contribution in [2.45, 2.75) is 57.6 Å². The average molecular weight is 452 g/mol. The third kappa shape index (κ3) is 2.35. The Hall–Kier alpha value is -2.05. The van der Waals surface area contributed by atoms with Crippen molar-refractivity contribution >= 4 is 17.2 Å². The van der Waals surface area contributed by atoms with Crippen LogP contribution in [0.4, 0.5) is 0 Å². The lowest BCUT2D eigenvalue weighted by atomic mass is 9.51. The van der Waals surface area contributed by atoms with Gasteiger partial charge in [0.05, 0.1) is 18.5 Å². The fraction of sp³-hybridized carbons (Fsp3) is 0.577. The van der Waals surface area contributed by atoms with Gasteiger partial charge in [-0.1, -0.05) is 18.3 Å². The van der Waals surface area contributed by atoms with Gasteiger partial charge in [-0.2, -0.15) is 0 Å². The molecule has 170 valence electrons. The molecule has 5 nitrogen and oxygen atoms in total. The number of rotatable bonds is 4. The summed E-state index contributed by atoms with van der Waals surface area (Å²) in [4.78, 5) is 9.59. The Morgan fingerprint density at radius 1 is 1.31 bits per heavy atom. The molecule has 3 heterocycles. The molecule has 1 aromatic heterocycles. The van der Waals surface area contributed by atoms with Crippen molar-refractivity contribution in [1.29, 1.82) is 0 Å². The van der Waals surface area contributed by atoms with Crippen LogP contribution < -0.4 is 9.47 Å². The summed E-state index contributed by atoms with van der Waals surface area (Å²) in [6, 6.07) is 4.92. The van der Waals surface area contributed by atoms with Crippen LogP contribution in [0.5, 0.6) is 11.5 Å². The van der Waals surface area contributed by atoms with Gasteiger partial charge in [0.2, 0.25) is 0 Å². The predicted octanol–water partition coefficient (Wildman–Crippen LogP) is 4.15. The topological polar surface area (TPSA) is 40.7 Å². The smallest absolute Gasteiger partial charge is 0.166 e. The normalized spacial score (nSPS) is 29.2. The summed E-state index contributed by atoms with van der Waals surface area (Å²) in [5, 5.41) is 0. The van der Waals surface area contributed by atoms with E-state index < -0.39 is 0 Å². The minimum Gasteiger partial charge on any atom is -0.493 e.